The van der Waals surface area contributed by atoms with Gasteiger partial charge in [-0.1, -0.05) is 0 Å². The lowest BCUT2D eigenvalue weighted by Crippen LogP contribution is -2.36. The largest absolute Gasteiger partial charge is 0.508 e. The molecule has 1 saturated heterocycles. The molecule has 0 aliphatic carbocycles. The van der Waals surface area contributed by atoms with Crippen LogP contribution in [0.15, 0.2) is 73.1 Å². The van der Waals surface area contributed by atoms with Crippen molar-refractivity contribution in [2.24, 2.45) is 0 Å². The number of fused-ring (bicyclic) bond motifs is 1. The monoisotopic (exact) mass is 386 g/mol. The van der Waals surface area contributed by atoms with E-state index in [2.05, 4.69) is 49.9 Å². The number of nitrogens with zero attached hydrogens (tertiary/aromatic N) is 3. The fourth-order valence-corrected chi connectivity index (χ4v) is 3.71. The van der Waals surface area contributed by atoms with Crippen molar-refractivity contribution in [2.75, 3.05) is 36.5 Å². The summed E-state index contributed by atoms with van der Waals surface area (Å²) < 4.78 is 7.48. The van der Waals surface area contributed by atoms with Crippen LogP contribution >= 0.6 is 0 Å². The molecule has 3 heterocycles. The highest BCUT2D eigenvalue weighted by Gasteiger charge is 2.12. The van der Waals surface area contributed by atoms with Gasteiger partial charge in [0.05, 0.1) is 24.6 Å². The van der Waals surface area contributed by atoms with Crippen LogP contribution in [0.2, 0.25) is 0 Å². The number of benzene rings is 2. The molecule has 1 aliphatic rings. The lowest BCUT2D eigenvalue weighted by molar-refractivity contribution is 0.122. The van der Waals surface area contributed by atoms with Crippen LogP contribution in [0.25, 0.3) is 16.9 Å². The van der Waals surface area contributed by atoms with Gasteiger partial charge in [-0.15, -0.1) is 0 Å². The Morgan fingerprint density at radius 3 is 2.41 bits per heavy atom. The van der Waals surface area contributed by atoms with Gasteiger partial charge in [0.25, 0.3) is 0 Å². The van der Waals surface area contributed by atoms with Gasteiger partial charge in [-0.25, -0.2) is 4.98 Å². The van der Waals surface area contributed by atoms with Gasteiger partial charge in [0.15, 0.2) is 5.65 Å². The van der Waals surface area contributed by atoms with E-state index in [9.17, 15) is 5.11 Å². The first-order chi connectivity index (χ1) is 14.3. The zero-order valence-corrected chi connectivity index (χ0v) is 16.0. The van der Waals surface area contributed by atoms with E-state index in [1.165, 1.54) is 5.69 Å². The maximum absolute atomic E-state index is 9.55. The molecule has 0 amide bonds. The molecule has 5 rings (SSSR count). The summed E-state index contributed by atoms with van der Waals surface area (Å²) in [6.07, 6.45) is 3.75. The van der Waals surface area contributed by atoms with Gasteiger partial charge in [-0.3, -0.25) is 4.40 Å². The Kier molecular flexibility index (Phi) is 4.54. The van der Waals surface area contributed by atoms with Crippen LogP contribution in [0, 0.1) is 0 Å². The zero-order valence-electron chi connectivity index (χ0n) is 16.0. The van der Waals surface area contributed by atoms with Crippen LogP contribution in [0.4, 0.5) is 17.1 Å². The summed E-state index contributed by atoms with van der Waals surface area (Å²) >= 11 is 0. The lowest BCUT2D eigenvalue weighted by Gasteiger charge is -2.29. The van der Waals surface area contributed by atoms with Crippen molar-refractivity contribution >= 4 is 22.7 Å². The average Bonchev–Trinajstić information content (AvgIpc) is 3.26. The number of phenols is 1. The van der Waals surface area contributed by atoms with Crippen LogP contribution < -0.4 is 10.2 Å². The Morgan fingerprint density at radius 2 is 1.66 bits per heavy atom. The van der Waals surface area contributed by atoms with Gasteiger partial charge in [0.2, 0.25) is 0 Å². The third-order valence-electron chi connectivity index (χ3n) is 5.23. The molecule has 0 spiro atoms. The number of aromatic hydroxyl groups is 1. The van der Waals surface area contributed by atoms with E-state index in [-0.39, 0.29) is 5.75 Å². The lowest BCUT2D eigenvalue weighted by atomic mass is 10.1. The number of rotatable bonds is 4. The molecule has 29 heavy (non-hydrogen) atoms. The van der Waals surface area contributed by atoms with Gasteiger partial charge in [-0.2, -0.15) is 0 Å². The van der Waals surface area contributed by atoms with E-state index in [4.69, 9.17) is 4.74 Å². The first kappa shape index (κ1) is 17.6. The predicted octanol–water partition coefficient (Wildman–Crippen LogP) is 4.29. The number of hydrogen-bond acceptors (Lipinski definition) is 5. The molecule has 2 aromatic carbocycles. The second-order valence-corrected chi connectivity index (χ2v) is 7.07. The van der Waals surface area contributed by atoms with Crippen LogP contribution in [0.5, 0.6) is 5.75 Å². The average molecular weight is 386 g/mol. The summed E-state index contributed by atoms with van der Waals surface area (Å²) in [5.41, 5.74) is 6.07. The third-order valence-corrected chi connectivity index (χ3v) is 5.23. The van der Waals surface area contributed by atoms with E-state index < -0.39 is 0 Å². The normalized spacial score (nSPS) is 14.3. The molecule has 2 aromatic heterocycles. The van der Waals surface area contributed by atoms with Crippen molar-refractivity contribution < 1.29 is 9.84 Å². The molecule has 146 valence electrons. The van der Waals surface area contributed by atoms with Gasteiger partial charge >= 0.3 is 0 Å². The minimum absolute atomic E-state index is 0.259. The number of aromatic nitrogens is 2. The highest BCUT2D eigenvalue weighted by molar-refractivity contribution is 5.78. The van der Waals surface area contributed by atoms with Crippen molar-refractivity contribution in [3.05, 3.63) is 73.1 Å². The molecule has 6 heteroatoms. The molecule has 0 unspecified atom stereocenters. The van der Waals surface area contributed by atoms with Crippen molar-refractivity contribution in [1.29, 1.82) is 0 Å². The maximum Gasteiger partial charge on any atom is 0.161 e. The van der Waals surface area contributed by atoms with Crippen LogP contribution in [0.1, 0.15) is 0 Å². The molecule has 1 fully saturated rings. The Labute approximate surface area is 169 Å². The van der Waals surface area contributed by atoms with E-state index in [0.29, 0.717) is 0 Å². The summed E-state index contributed by atoms with van der Waals surface area (Å²) in [6.45, 7) is 3.43. The molecule has 0 radical (unpaired) electrons. The predicted molar refractivity (Wildman–Crippen MR) is 115 cm³/mol. The van der Waals surface area contributed by atoms with Crippen molar-refractivity contribution in [2.45, 2.75) is 0 Å². The molecule has 2 N–H and O–H groups in total. The van der Waals surface area contributed by atoms with Gasteiger partial charge in [0, 0.05) is 36.9 Å². The summed E-state index contributed by atoms with van der Waals surface area (Å²) in [7, 11) is 0. The Balaban J connectivity index is 1.42. The minimum atomic E-state index is 0.259. The number of pyridine rings is 1. The quantitative estimate of drug-likeness (QED) is 0.548. The summed E-state index contributed by atoms with van der Waals surface area (Å²) in [5, 5.41) is 13.0. The maximum atomic E-state index is 9.55. The van der Waals surface area contributed by atoms with Crippen LogP contribution in [-0.4, -0.2) is 40.8 Å². The number of phenolic OH excluding ortho intramolecular Hbond substituents is 1. The Hall–Kier alpha value is -3.51. The van der Waals surface area contributed by atoms with E-state index in [0.717, 1.165) is 54.6 Å². The highest BCUT2D eigenvalue weighted by Crippen LogP contribution is 2.29. The molecule has 0 bridgehead atoms. The number of imidazole rings is 1. The summed E-state index contributed by atoms with van der Waals surface area (Å²) in [5.74, 6) is 0.259. The molecular formula is C23H22N4O2. The van der Waals surface area contributed by atoms with Crippen LogP contribution in [-0.2, 0) is 4.74 Å². The van der Waals surface area contributed by atoms with E-state index >= 15 is 0 Å². The van der Waals surface area contributed by atoms with Gasteiger partial charge in [-0.05, 0) is 66.2 Å². The number of anilines is 3. The summed E-state index contributed by atoms with van der Waals surface area (Å²) in [4.78, 5) is 6.88. The minimum Gasteiger partial charge on any atom is -0.508 e. The topological polar surface area (TPSA) is 62.0 Å². The second-order valence-electron chi connectivity index (χ2n) is 7.07. The first-order valence-electron chi connectivity index (χ1n) is 9.73. The Bertz CT molecular complexity index is 1110. The number of hydrogen-bond donors (Lipinski definition) is 2. The smallest absolute Gasteiger partial charge is 0.161 e. The SMILES string of the molecule is Oc1ccc(-c2ccc(Nc3ccc(N4CCOCC4)cc3)c3nccn23)cc1. The molecule has 4 aromatic rings. The van der Waals surface area contributed by atoms with Crippen molar-refractivity contribution in [3.63, 3.8) is 0 Å². The molecule has 6 nitrogen and oxygen atoms in total. The second kappa shape index (κ2) is 7.48. The standard InChI is InChI=1S/C23H22N4O2/c28-20-7-1-17(2-8-20)22-10-9-21(23-24-11-12-27(22)23)25-18-3-5-19(6-4-18)26-13-15-29-16-14-26/h1-12,25,28H,13-16H2. The van der Waals surface area contributed by atoms with Gasteiger partial charge in [0.1, 0.15) is 5.75 Å². The van der Waals surface area contributed by atoms with Crippen LogP contribution in [0.3, 0.4) is 0 Å². The fraction of sp³-hybridized carbons (Fsp3) is 0.174. The molecule has 0 atom stereocenters. The third kappa shape index (κ3) is 3.50. The van der Waals surface area contributed by atoms with Crippen molar-refractivity contribution in [3.8, 4) is 17.0 Å². The molecule has 0 saturated carbocycles. The highest BCUT2D eigenvalue weighted by atomic mass is 16.5. The van der Waals surface area contributed by atoms with E-state index in [1.807, 2.05) is 24.4 Å². The molecular weight excluding hydrogens is 364 g/mol. The number of ether oxygens (including phenoxy) is 1. The summed E-state index contributed by atoms with van der Waals surface area (Å²) in [6, 6.07) is 19.8. The molecule has 1 aliphatic heterocycles. The van der Waals surface area contributed by atoms with E-state index in [1.54, 1.807) is 18.3 Å². The first-order valence-corrected chi connectivity index (χ1v) is 9.73. The number of nitrogens with one attached hydrogen (secondary N) is 1. The van der Waals surface area contributed by atoms with Crippen molar-refractivity contribution in [1.82, 2.24) is 9.38 Å². The van der Waals surface area contributed by atoms with Gasteiger partial charge < -0.3 is 20.1 Å². The zero-order chi connectivity index (χ0) is 19.6. The fourth-order valence-electron chi connectivity index (χ4n) is 3.71. The number of morpholine rings is 1. The Morgan fingerprint density at radius 1 is 0.897 bits per heavy atom.